The normalized spacial score (nSPS) is 11.9. The van der Waals surface area contributed by atoms with Gasteiger partial charge in [-0.05, 0) is 81.6 Å². The molecule has 8 rings (SSSR count). The van der Waals surface area contributed by atoms with Gasteiger partial charge in [-0.25, -0.2) is 9.97 Å². The Morgan fingerprint density at radius 3 is 1.80 bits per heavy atom. The fourth-order valence-corrected chi connectivity index (χ4v) is 7.00. The van der Waals surface area contributed by atoms with Crippen LogP contribution in [0.5, 0.6) is 0 Å². The lowest BCUT2D eigenvalue weighted by Gasteiger charge is -2.26. The average Bonchev–Trinajstić information content (AvgIpc) is 3.63. The van der Waals surface area contributed by atoms with Crippen molar-refractivity contribution >= 4 is 28.1 Å². The highest BCUT2D eigenvalue weighted by atomic mass is 15.2. The molecule has 54 heavy (non-hydrogen) atoms. The zero-order valence-electron chi connectivity index (χ0n) is 31.8. The minimum Gasteiger partial charge on any atom is -0.295 e. The van der Waals surface area contributed by atoms with Crippen LogP contribution in [0.3, 0.4) is 0 Å². The zero-order chi connectivity index (χ0) is 37.5. The van der Waals surface area contributed by atoms with Gasteiger partial charge in [0.05, 0.1) is 22.6 Å². The number of nitrogens with one attached hydrogen (secondary N) is 1. The smallest absolute Gasteiger partial charge is 0.137 e. The SMILES string of the molecule is CC(C)(C)c1cc(-c2cc(-c3cccc(N(c4ccccc4)c4ccccn4)c3)nc(-c3cccc4c(-c5ccccc5)n[nH]c34)c2)cc(C(C)(C)C)c1. The Balaban J connectivity index is 1.35. The predicted molar refractivity (Wildman–Crippen MR) is 226 cm³/mol. The Morgan fingerprint density at radius 1 is 0.500 bits per heavy atom. The third-order valence-electron chi connectivity index (χ3n) is 10.0. The monoisotopic (exact) mass is 703 g/mol. The average molecular weight is 704 g/mol. The first-order chi connectivity index (χ1) is 26.0. The Morgan fingerprint density at radius 2 is 1.11 bits per heavy atom. The Labute approximate surface area is 318 Å². The van der Waals surface area contributed by atoms with Gasteiger partial charge in [0.1, 0.15) is 5.82 Å². The summed E-state index contributed by atoms with van der Waals surface area (Å²) in [5, 5.41) is 9.26. The number of fused-ring (bicyclic) bond motifs is 1. The number of hydrogen-bond acceptors (Lipinski definition) is 4. The maximum atomic E-state index is 5.44. The third-order valence-corrected chi connectivity index (χ3v) is 10.0. The van der Waals surface area contributed by atoms with E-state index in [9.17, 15) is 0 Å². The highest BCUT2D eigenvalue weighted by Crippen LogP contribution is 2.40. The van der Waals surface area contributed by atoms with E-state index in [1.54, 1.807) is 0 Å². The number of rotatable bonds is 7. The van der Waals surface area contributed by atoms with Crippen molar-refractivity contribution in [1.82, 2.24) is 20.2 Å². The minimum atomic E-state index is -0.0231. The van der Waals surface area contributed by atoms with Gasteiger partial charge in [0, 0.05) is 39.6 Å². The van der Waals surface area contributed by atoms with Gasteiger partial charge in [0.2, 0.25) is 0 Å². The molecule has 0 radical (unpaired) electrons. The van der Waals surface area contributed by atoms with E-state index in [0.29, 0.717) is 0 Å². The van der Waals surface area contributed by atoms with E-state index in [0.717, 1.165) is 67.4 Å². The van der Waals surface area contributed by atoms with Gasteiger partial charge < -0.3 is 0 Å². The van der Waals surface area contributed by atoms with Gasteiger partial charge in [0.15, 0.2) is 0 Å². The highest BCUT2D eigenvalue weighted by molar-refractivity contribution is 6.01. The number of aromatic amines is 1. The largest absolute Gasteiger partial charge is 0.295 e. The molecule has 0 saturated carbocycles. The fourth-order valence-electron chi connectivity index (χ4n) is 7.00. The number of hydrogen-bond donors (Lipinski definition) is 1. The van der Waals surface area contributed by atoms with Gasteiger partial charge in [-0.3, -0.25) is 10.00 Å². The molecule has 0 bridgehead atoms. The van der Waals surface area contributed by atoms with Crippen LogP contribution in [0, 0.1) is 0 Å². The van der Waals surface area contributed by atoms with Crippen LogP contribution < -0.4 is 4.90 Å². The molecule has 3 heterocycles. The van der Waals surface area contributed by atoms with E-state index in [1.807, 2.05) is 36.5 Å². The molecule has 0 aliphatic rings. The lowest BCUT2D eigenvalue weighted by atomic mass is 9.79. The molecule has 5 aromatic carbocycles. The molecule has 0 saturated heterocycles. The van der Waals surface area contributed by atoms with Crippen LogP contribution in [0.25, 0.3) is 55.8 Å². The van der Waals surface area contributed by atoms with E-state index >= 15 is 0 Å². The quantitative estimate of drug-likeness (QED) is 0.179. The third kappa shape index (κ3) is 6.93. The summed E-state index contributed by atoms with van der Waals surface area (Å²) in [6.07, 6.45) is 1.84. The van der Waals surface area contributed by atoms with E-state index < -0.39 is 0 Å². The van der Waals surface area contributed by atoms with Crippen molar-refractivity contribution in [2.45, 2.75) is 52.4 Å². The van der Waals surface area contributed by atoms with Crippen molar-refractivity contribution in [3.63, 3.8) is 0 Å². The van der Waals surface area contributed by atoms with Gasteiger partial charge in [0.25, 0.3) is 0 Å². The number of aromatic nitrogens is 4. The molecular formula is C49H45N5. The van der Waals surface area contributed by atoms with Crippen molar-refractivity contribution in [1.29, 1.82) is 0 Å². The fraction of sp³-hybridized carbons (Fsp3) is 0.163. The maximum absolute atomic E-state index is 5.44. The second kappa shape index (κ2) is 13.9. The van der Waals surface area contributed by atoms with Crippen molar-refractivity contribution in [3.8, 4) is 44.9 Å². The van der Waals surface area contributed by atoms with Crippen LogP contribution in [0.15, 0.2) is 158 Å². The van der Waals surface area contributed by atoms with E-state index in [2.05, 4.69) is 173 Å². The highest BCUT2D eigenvalue weighted by Gasteiger charge is 2.23. The molecule has 0 spiro atoms. The van der Waals surface area contributed by atoms with Crippen molar-refractivity contribution in [2.75, 3.05) is 4.90 Å². The second-order valence-electron chi connectivity index (χ2n) is 16.0. The number of benzene rings is 5. The van der Waals surface area contributed by atoms with Crippen LogP contribution in [-0.4, -0.2) is 20.2 Å². The molecule has 0 aliphatic carbocycles. The zero-order valence-corrected chi connectivity index (χ0v) is 31.8. The number of H-pyrrole nitrogens is 1. The summed E-state index contributed by atoms with van der Waals surface area (Å²) in [5.41, 5.74) is 13.6. The topological polar surface area (TPSA) is 57.7 Å². The minimum absolute atomic E-state index is 0.0231. The Bertz CT molecular complexity index is 2490. The molecule has 0 fully saturated rings. The van der Waals surface area contributed by atoms with Crippen LogP contribution in [0.4, 0.5) is 17.2 Å². The molecular weight excluding hydrogens is 659 g/mol. The van der Waals surface area contributed by atoms with Gasteiger partial charge in [-0.1, -0.05) is 145 Å². The van der Waals surface area contributed by atoms with Gasteiger partial charge in [-0.15, -0.1) is 0 Å². The van der Waals surface area contributed by atoms with Crippen LogP contribution in [-0.2, 0) is 10.8 Å². The molecule has 1 N–H and O–H groups in total. The van der Waals surface area contributed by atoms with Crippen molar-refractivity contribution in [3.05, 3.63) is 169 Å². The van der Waals surface area contributed by atoms with Gasteiger partial charge in [-0.2, -0.15) is 5.10 Å². The molecule has 0 aliphatic heterocycles. The van der Waals surface area contributed by atoms with Gasteiger partial charge >= 0.3 is 0 Å². The summed E-state index contributed by atoms with van der Waals surface area (Å²) >= 11 is 0. The van der Waals surface area contributed by atoms with Crippen LogP contribution >= 0.6 is 0 Å². The second-order valence-corrected chi connectivity index (χ2v) is 16.0. The molecule has 266 valence electrons. The lowest BCUT2D eigenvalue weighted by Crippen LogP contribution is -2.16. The standard InChI is InChI=1S/C49H45N5/c1-48(2,3)37-27-35(28-38(32-37)49(4,5)6)36-30-43(34-19-15-22-40(29-34)54(39-20-11-8-12-21-39)45-25-13-14-26-50-45)51-44(31-36)41-23-16-24-42-46(52-53-47(41)42)33-17-9-7-10-18-33/h7-32H,1-6H3,(H,52,53). The van der Waals surface area contributed by atoms with Crippen molar-refractivity contribution in [2.24, 2.45) is 0 Å². The summed E-state index contributed by atoms with van der Waals surface area (Å²) < 4.78 is 0. The number of nitrogens with zero attached hydrogens (tertiary/aromatic N) is 4. The van der Waals surface area contributed by atoms with Crippen LogP contribution in [0.1, 0.15) is 52.7 Å². The summed E-state index contributed by atoms with van der Waals surface area (Å²) in [6.45, 7) is 13.7. The maximum Gasteiger partial charge on any atom is 0.137 e. The molecule has 8 aromatic rings. The number of anilines is 3. The predicted octanol–water partition coefficient (Wildman–Crippen LogP) is 13.1. The Hall–Kier alpha value is -6.33. The molecule has 5 heteroatoms. The van der Waals surface area contributed by atoms with E-state index in [-0.39, 0.29) is 10.8 Å². The van der Waals surface area contributed by atoms with Crippen LogP contribution in [0.2, 0.25) is 0 Å². The summed E-state index contributed by atoms with van der Waals surface area (Å²) in [6, 6.07) is 53.3. The van der Waals surface area contributed by atoms with E-state index in [1.165, 1.54) is 16.7 Å². The van der Waals surface area contributed by atoms with Crippen molar-refractivity contribution < 1.29 is 0 Å². The Kier molecular flexibility index (Phi) is 8.95. The number of para-hydroxylation sites is 2. The first kappa shape index (κ1) is 34.7. The molecule has 0 atom stereocenters. The molecule has 0 amide bonds. The summed E-state index contributed by atoms with van der Waals surface area (Å²) in [7, 11) is 0. The molecule has 5 nitrogen and oxygen atoms in total. The first-order valence-electron chi connectivity index (χ1n) is 18.6. The summed E-state index contributed by atoms with van der Waals surface area (Å²) in [5.74, 6) is 0.845. The lowest BCUT2D eigenvalue weighted by molar-refractivity contribution is 0.569. The molecule has 0 unspecified atom stereocenters. The molecule has 3 aromatic heterocycles. The first-order valence-corrected chi connectivity index (χ1v) is 18.6. The summed E-state index contributed by atoms with van der Waals surface area (Å²) in [4.78, 5) is 12.4. The number of pyridine rings is 2. The van der Waals surface area contributed by atoms with E-state index in [4.69, 9.17) is 15.1 Å².